The fraction of sp³-hybridized carbons (Fsp3) is 0.136. The van der Waals surface area contributed by atoms with Crippen LogP contribution < -0.4 is 20.4 Å². The third kappa shape index (κ3) is 4.70. The fourth-order valence-electron chi connectivity index (χ4n) is 2.65. The molecule has 3 rings (SSSR count). The Balaban J connectivity index is 1.76. The van der Waals surface area contributed by atoms with Gasteiger partial charge in [-0.3, -0.25) is 14.9 Å². The number of fused-ring (bicyclic) bond motifs is 1. The molecule has 0 saturated heterocycles. The van der Waals surface area contributed by atoms with Crippen molar-refractivity contribution in [2.75, 3.05) is 13.7 Å². The number of methoxy groups -OCH3 is 1. The number of hydrogen-bond acceptors (Lipinski definition) is 6. The summed E-state index contributed by atoms with van der Waals surface area (Å²) in [6.45, 7) is 2.21. The van der Waals surface area contributed by atoms with E-state index in [1.807, 2.05) is 6.92 Å². The largest absolute Gasteiger partial charge is 0.497 e. The molecule has 0 aliphatic rings. The molecule has 0 aliphatic heterocycles. The van der Waals surface area contributed by atoms with Crippen LogP contribution in [0.1, 0.15) is 22.8 Å². The average molecular weight is 393 g/mol. The number of imide groups is 1. The van der Waals surface area contributed by atoms with Gasteiger partial charge in [-0.05, 0) is 42.8 Å². The summed E-state index contributed by atoms with van der Waals surface area (Å²) in [6, 6.07) is 13.5. The summed E-state index contributed by atoms with van der Waals surface area (Å²) in [4.78, 5) is 36.6. The maximum Gasteiger partial charge on any atom is 0.349 e. The van der Waals surface area contributed by atoms with Gasteiger partial charge in [-0.15, -0.1) is 0 Å². The number of nitrogens with one attached hydrogen (secondary N) is 1. The second-order valence-corrected chi connectivity index (χ2v) is 5.98. The van der Waals surface area contributed by atoms with Gasteiger partial charge in [-0.2, -0.15) is 0 Å². The molecule has 3 aromatic rings. The Kier molecular flexibility index (Phi) is 6.09. The second-order valence-electron chi connectivity index (χ2n) is 5.98. The number of carbonyl (C=O) groups is 2. The SMILES string of the molecule is CCOc1cccc2cc(C(=O)NC(=O)/C=C/c3ccc(OC)cc3)c(=O)oc12. The highest BCUT2D eigenvalue weighted by atomic mass is 16.5. The van der Waals surface area contributed by atoms with Gasteiger partial charge in [0.05, 0.1) is 13.7 Å². The number of rotatable bonds is 6. The average Bonchev–Trinajstić information content (AvgIpc) is 2.73. The molecule has 1 heterocycles. The number of benzene rings is 2. The first-order valence-electron chi connectivity index (χ1n) is 8.89. The van der Waals surface area contributed by atoms with Crippen molar-refractivity contribution in [1.29, 1.82) is 0 Å². The van der Waals surface area contributed by atoms with Crippen molar-refractivity contribution in [3.05, 3.63) is 76.2 Å². The van der Waals surface area contributed by atoms with Gasteiger partial charge in [0, 0.05) is 11.5 Å². The summed E-state index contributed by atoms with van der Waals surface area (Å²) in [7, 11) is 1.56. The quantitative estimate of drug-likeness (QED) is 0.511. The number of amides is 2. The van der Waals surface area contributed by atoms with Crippen molar-refractivity contribution in [3.63, 3.8) is 0 Å². The van der Waals surface area contributed by atoms with Crippen LogP contribution in [-0.2, 0) is 4.79 Å². The molecule has 7 heteroatoms. The Hall–Kier alpha value is -3.87. The van der Waals surface area contributed by atoms with Gasteiger partial charge in [0.25, 0.3) is 11.8 Å². The van der Waals surface area contributed by atoms with Crippen LogP contribution in [0.25, 0.3) is 17.0 Å². The van der Waals surface area contributed by atoms with E-state index in [2.05, 4.69) is 5.32 Å². The summed E-state index contributed by atoms with van der Waals surface area (Å²) < 4.78 is 15.7. The van der Waals surface area contributed by atoms with Crippen LogP contribution in [0.5, 0.6) is 11.5 Å². The number of para-hydroxylation sites is 1. The lowest BCUT2D eigenvalue weighted by molar-refractivity contribution is -0.115. The summed E-state index contributed by atoms with van der Waals surface area (Å²) in [5.74, 6) is -0.398. The van der Waals surface area contributed by atoms with Crippen molar-refractivity contribution >= 4 is 28.9 Å². The fourth-order valence-corrected chi connectivity index (χ4v) is 2.65. The summed E-state index contributed by atoms with van der Waals surface area (Å²) in [5.41, 5.74) is -0.116. The van der Waals surface area contributed by atoms with Gasteiger partial charge in [-0.25, -0.2) is 4.79 Å². The van der Waals surface area contributed by atoms with Gasteiger partial charge in [0.2, 0.25) is 0 Å². The Morgan fingerprint density at radius 1 is 1.14 bits per heavy atom. The van der Waals surface area contributed by atoms with E-state index in [-0.39, 0.29) is 11.1 Å². The minimum atomic E-state index is -0.853. The van der Waals surface area contributed by atoms with Crippen LogP contribution in [0.3, 0.4) is 0 Å². The van der Waals surface area contributed by atoms with Gasteiger partial charge < -0.3 is 13.9 Å². The predicted octanol–water partition coefficient (Wildman–Crippen LogP) is 3.17. The van der Waals surface area contributed by atoms with Gasteiger partial charge in [0.1, 0.15) is 11.3 Å². The zero-order valence-electron chi connectivity index (χ0n) is 15.9. The van der Waals surface area contributed by atoms with Crippen LogP contribution in [0, 0.1) is 0 Å². The maximum atomic E-state index is 12.4. The molecule has 1 N–H and O–H groups in total. The monoisotopic (exact) mass is 393 g/mol. The maximum absolute atomic E-state index is 12.4. The third-order valence-corrected chi connectivity index (χ3v) is 4.05. The van der Waals surface area contributed by atoms with Crippen molar-refractivity contribution < 1.29 is 23.5 Å². The van der Waals surface area contributed by atoms with Crippen LogP contribution in [0.4, 0.5) is 0 Å². The van der Waals surface area contributed by atoms with Crippen molar-refractivity contribution in [3.8, 4) is 11.5 Å². The van der Waals surface area contributed by atoms with Crippen molar-refractivity contribution in [2.24, 2.45) is 0 Å². The van der Waals surface area contributed by atoms with E-state index >= 15 is 0 Å². The van der Waals surface area contributed by atoms with Crippen molar-refractivity contribution in [1.82, 2.24) is 5.32 Å². The number of ether oxygens (including phenoxy) is 2. The summed E-state index contributed by atoms with van der Waals surface area (Å²) in [6.07, 6.45) is 2.74. The van der Waals surface area contributed by atoms with Crippen LogP contribution in [0.2, 0.25) is 0 Å². The minimum Gasteiger partial charge on any atom is -0.497 e. The van der Waals surface area contributed by atoms with E-state index in [9.17, 15) is 14.4 Å². The molecule has 0 radical (unpaired) electrons. The first-order chi connectivity index (χ1) is 14.0. The summed E-state index contributed by atoms with van der Waals surface area (Å²) in [5, 5.41) is 2.67. The summed E-state index contributed by atoms with van der Waals surface area (Å²) >= 11 is 0. The Bertz CT molecular complexity index is 1130. The highest BCUT2D eigenvalue weighted by molar-refractivity contribution is 6.09. The zero-order chi connectivity index (χ0) is 20.8. The zero-order valence-corrected chi connectivity index (χ0v) is 15.9. The van der Waals surface area contributed by atoms with Gasteiger partial charge in [0.15, 0.2) is 11.3 Å². The third-order valence-electron chi connectivity index (χ3n) is 4.05. The molecular formula is C22H19NO6. The Labute approximate surface area is 166 Å². The van der Waals surface area contributed by atoms with E-state index in [4.69, 9.17) is 13.9 Å². The topological polar surface area (TPSA) is 94.8 Å². The van der Waals surface area contributed by atoms with Crippen LogP contribution in [0.15, 0.2) is 63.8 Å². The van der Waals surface area contributed by atoms with E-state index < -0.39 is 17.4 Å². The lowest BCUT2D eigenvalue weighted by Crippen LogP contribution is -2.32. The molecule has 0 aliphatic carbocycles. The molecule has 0 bridgehead atoms. The molecular weight excluding hydrogens is 374 g/mol. The molecule has 1 aromatic heterocycles. The normalized spacial score (nSPS) is 10.8. The number of carbonyl (C=O) groups excluding carboxylic acids is 2. The first kappa shape index (κ1) is 19.9. The molecule has 7 nitrogen and oxygen atoms in total. The first-order valence-corrected chi connectivity index (χ1v) is 8.89. The molecule has 0 spiro atoms. The molecule has 0 fully saturated rings. The van der Waals surface area contributed by atoms with Crippen molar-refractivity contribution in [2.45, 2.75) is 6.92 Å². The standard InChI is InChI=1S/C22H19NO6/c1-3-28-18-6-4-5-15-13-17(22(26)29-20(15)18)21(25)23-19(24)12-9-14-7-10-16(27-2)11-8-14/h4-13H,3H2,1-2H3,(H,23,24,25)/b12-9+. The Morgan fingerprint density at radius 3 is 2.59 bits per heavy atom. The van der Waals surface area contributed by atoms with E-state index in [0.717, 1.165) is 5.56 Å². The van der Waals surface area contributed by atoms with Crippen LogP contribution >= 0.6 is 0 Å². The van der Waals surface area contributed by atoms with Crippen LogP contribution in [-0.4, -0.2) is 25.5 Å². The van der Waals surface area contributed by atoms with E-state index in [1.165, 1.54) is 12.1 Å². The van der Waals surface area contributed by atoms with E-state index in [1.54, 1.807) is 55.7 Å². The minimum absolute atomic E-state index is 0.252. The van der Waals surface area contributed by atoms with Gasteiger partial charge in [-0.1, -0.05) is 24.3 Å². The second kappa shape index (κ2) is 8.88. The van der Waals surface area contributed by atoms with E-state index in [0.29, 0.717) is 23.5 Å². The molecule has 0 atom stereocenters. The molecule has 0 saturated carbocycles. The molecule has 0 unspecified atom stereocenters. The molecule has 2 amide bonds. The number of hydrogen-bond donors (Lipinski definition) is 1. The lowest BCUT2D eigenvalue weighted by Gasteiger charge is -2.07. The molecule has 148 valence electrons. The molecule has 29 heavy (non-hydrogen) atoms. The lowest BCUT2D eigenvalue weighted by atomic mass is 10.1. The highest BCUT2D eigenvalue weighted by Crippen LogP contribution is 2.24. The Morgan fingerprint density at radius 2 is 1.90 bits per heavy atom. The molecule has 2 aromatic carbocycles. The highest BCUT2D eigenvalue weighted by Gasteiger charge is 2.17. The predicted molar refractivity (Wildman–Crippen MR) is 108 cm³/mol. The van der Waals surface area contributed by atoms with Gasteiger partial charge >= 0.3 is 5.63 Å². The smallest absolute Gasteiger partial charge is 0.349 e.